The molecule has 0 saturated heterocycles. The molecule has 0 saturated carbocycles. The molecule has 3 rings (SSSR count). The van der Waals surface area contributed by atoms with Gasteiger partial charge in [-0.15, -0.1) is 0 Å². The maximum atomic E-state index is 12.5. The zero-order valence-electron chi connectivity index (χ0n) is 12.8. The minimum Gasteiger partial charge on any atom is -0.460 e. The fourth-order valence-corrected chi connectivity index (χ4v) is 2.42. The number of ether oxygens (including phenoxy) is 2. The first-order chi connectivity index (χ1) is 11.2. The molecular weight excluding hydrogens is 300 g/mol. The Morgan fingerprint density at radius 3 is 3.04 bits per heavy atom. The minimum absolute atomic E-state index is 0.175. The van der Waals surface area contributed by atoms with E-state index in [1.165, 1.54) is 4.68 Å². The smallest absolute Gasteiger partial charge is 0.338 e. The van der Waals surface area contributed by atoms with Gasteiger partial charge in [0.2, 0.25) is 5.95 Å². The molecule has 0 radical (unpaired) electrons. The summed E-state index contributed by atoms with van der Waals surface area (Å²) in [5.74, 6) is 0.0202. The van der Waals surface area contributed by atoms with Crippen molar-refractivity contribution in [2.24, 2.45) is 0 Å². The third-order valence-corrected chi connectivity index (χ3v) is 3.45. The van der Waals surface area contributed by atoms with Gasteiger partial charge >= 0.3 is 5.97 Å². The van der Waals surface area contributed by atoms with Crippen LogP contribution >= 0.6 is 0 Å². The Morgan fingerprint density at radius 2 is 2.30 bits per heavy atom. The summed E-state index contributed by atoms with van der Waals surface area (Å²) in [6.07, 6.45) is 3.34. The number of methoxy groups -OCH3 is 1. The maximum Gasteiger partial charge on any atom is 0.338 e. The van der Waals surface area contributed by atoms with E-state index in [-0.39, 0.29) is 6.61 Å². The number of hydrogen-bond donors (Lipinski definition) is 1. The highest BCUT2D eigenvalue weighted by atomic mass is 16.6. The molecular formula is C14H16N6O3. The van der Waals surface area contributed by atoms with Gasteiger partial charge in [-0.25, -0.2) is 4.79 Å². The third-order valence-electron chi connectivity index (χ3n) is 3.45. The Bertz CT molecular complexity index is 727. The van der Waals surface area contributed by atoms with E-state index in [0.29, 0.717) is 23.8 Å². The SMILES string of the molecule is COCCOC(=O)C1=C(C)Nc2nnnn2C1c1cccnc1. The Balaban J connectivity index is 1.99. The molecule has 2 aromatic rings. The van der Waals surface area contributed by atoms with Crippen LogP contribution in [0.15, 0.2) is 35.8 Å². The number of carbonyl (C=O) groups excluding carboxylic acids is 1. The highest BCUT2D eigenvalue weighted by Crippen LogP contribution is 2.34. The summed E-state index contributed by atoms with van der Waals surface area (Å²) >= 11 is 0. The minimum atomic E-state index is -0.495. The molecule has 0 fully saturated rings. The number of carbonyl (C=O) groups is 1. The van der Waals surface area contributed by atoms with Gasteiger partial charge < -0.3 is 14.8 Å². The highest BCUT2D eigenvalue weighted by Gasteiger charge is 2.34. The van der Waals surface area contributed by atoms with Gasteiger partial charge in [0.1, 0.15) is 12.6 Å². The number of allylic oxidation sites excluding steroid dienone is 1. The number of anilines is 1. The van der Waals surface area contributed by atoms with E-state index in [1.54, 1.807) is 32.5 Å². The largest absolute Gasteiger partial charge is 0.460 e. The van der Waals surface area contributed by atoms with E-state index in [0.717, 1.165) is 5.56 Å². The highest BCUT2D eigenvalue weighted by molar-refractivity contribution is 5.92. The number of tetrazole rings is 1. The second-order valence-electron chi connectivity index (χ2n) is 4.93. The number of pyridine rings is 1. The van der Waals surface area contributed by atoms with E-state index in [4.69, 9.17) is 9.47 Å². The molecule has 1 aliphatic rings. The average Bonchev–Trinajstić information content (AvgIpc) is 3.02. The van der Waals surface area contributed by atoms with E-state index in [1.807, 2.05) is 6.07 Å². The summed E-state index contributed by atoms with van der Waals surface area (Å²) in [4.78, 5) is 16.6. The summed E-state index contributed by atoms with van der Waals surface area (Å²) in [6.45, 7) is 2.29. The number of hydrogen-bond acceptors (Lipinski definition) is 8. The molecule has 1 unspecified atom stereocenters. The van der Waals surface area contributed by atoms with Crippen LogP contribution in [0.1, 0.15) is 18.5 Å². The van der Waals surface area contributed by atoms with Gasteiger partial charge in [0.15, 0.2) is 0 Å². The van der Waals surface area contributed by atoms with Crippen LogP contribution in [0, 0.1) is 0 Å². The standard InChI is InChI=1S/C14H16N6O3/c1-9-11(13(21)23-7-6-22-2)12(10-4-3-5-15-8-10)20-14(16-9)17-18-19-20/h3-5,8,12H,6-7H2,1-2H3,(H,16,17,19). The van der Waals surface area contributed by atoms with Crippen molar-refractivity contribution in [3.05, 3.63) is 41.4 Å². The van der Waals surface area contributed by atoms with Gasteiger partial charge in [0.05, 0.1) is 12.2 Å². The van der Waals surface area contributed by atoms with Crippen molar-refractivity contribution < 1.29 is 14.3 Å². The molecule has 9 nitrogen and oxygen atoms in total. The summed E-state index contributed by atoms with van der Waals surface area (Å²) in [7, 11) is 1.55. The maximum absolute atomic E-state index is 12.5. The number of esters is 1. The Hall–Kier alpha value is -2.81. The lowest BCUT2D eigenvalue weighted by Crippen LogP contribution is -2.30. The Labute approximate surface area is 132 Å². The fraction of sp³-hybridized carbons (Fsp3) is 0.357. The van der Waals surface area contributed by atoms with Gasteiger partial charge in [-0.1, -0.05) is 11.2 Å². The van der Waals surface area contributed by atoms with Crippen molar-refractivity contribution in [1.82, 2.24) is 25.2 Å². The van der Waals surface area contributed by atoms with Crippen LogP contribution in [0.3, 0.4) is 0 Å². The number of fused-ring (bicyclic) bond motifs is 1. The molecule has 1 atom stereocenters. The summed E-state index contributed by atoms with van der Waals surface area (Å²) in [5.41, 5.74) is 1.87. The molecule has 0 aliphatic carbocycles. The second kappa shape index (κ2) is 6.53. The normalized spacial score (nSPS) is 16.7. The monoisotopic (exact) mass is 316 g/mol. The van der Waals surface area contributed by atoms with Crippen LogP contribution in [0.4, 0.5) is 5.95 Å². The zero-order valence-corrected chi connectivity index (χ0v) is 12.8. The summed E-state index contributed by atoms with van der Waals surface area (Å²) in [5, 5.41) is 14.6. The molecule has 1 aliphatic heterocycles. The molecule has 0 spiro atoms. The lowest BCUT2D eigenvalue weighted by molar-refractivity contribution is -0.140. The summed E-state index contributed by atoms with van der Waals surface area (Å²) < 4.78 is 11.7. The van der Waals surface area contributed by atoms with E-state index in [9.17, 15) is 4.79 Å². The van der Waals surface area contributed by atoms with Gasteiger partial charge in [0.25, 0.3) is 0 Å². The van der Waals surface area contributed by atoms with Crippen molar-refractivity contribution >= 4 is 11.9 Å². The molecule has 9 heteroatoms. The lowest BCUT2D eigenvalue weighted by atomic mass is 9.97. The van der Waals surface area contributed by atoms with Gasteiger partial charge in [-0.05, 0) is 29.0 Å². The van der Waals surface area contributed by atoms with E-state index < -0.39 is 12.0 Å². The van der Waals surface area contributed by atoms with Crippen molar-refractivity contribution in [1.29, 1.82) is 0 Å². The van der Waals surface area contributed by atoms with Crippen molar-refractivity contribution in [2.45, 2.75) is 13.0 Å². The Kier molecular flexibility index (Phi) is 4.29. The Morgan fingerprint density at radius 1 is 1.43 bits per heavy atom. The van der Waals surface area contributed by atoms with E-state index >= 15 is 0 Å². The first-order valence-electron chi connectivity index (χ1n) is 7.04. The molecule has 0 bridgehead atoms. The number of nitrogens with one attached hydrogen (secondary N) is 1. The molecule has 1 N–H and O–H groups in total. The van der Waals surface area contributed by atoms with Crippen LogP contribution in [0.2, 0.25) is 0 Å². The number of aromatic nitrogens is 5. The van der Waals surface area contributed by atoms with Gasteiger partial charge in [-0.2, -0.15) is 4.68 Å². The predicted octanol–water partition coefficient (Wildman–Crippen LogP) is 0.547. The second-order valence-corrected chi connectivity index (χ2v) is 4.93. The zero-order chi connectivity index (χ0) is 16.2. The molecule has 3 heterocycles. The number of rotatable bonds is 5. The van der Waals surface area contributed by atoms with Crippen molar-refractivity contribution in [3.63, 3.8) is 0 Å². The first-order valence-corrected chi connectivity index (χ1v) is 7.04. The van der Waals surface area contributed by atoms with Crippen LogP contribution in [-0.4, -0.2) is 51.5 Å². The molecule has 120 valence electrons. The average molecular weight is 316 g/mol. The first kappa shape index (κ1) is 15.1. The van der Waals surface area contributed by atoms with Crippen LogP contribution in [-0.2, 0) is 14.3 Å². The quantitative estimate of drug-likeness (QED) is 0.630. The van der Waals surface area contributed by atoms with Gasteiger partial charge in [0, 0.05) is 25.2 Å². The molecule has 0 amide bonds. The fourth-order valence-electron chi connectivity index (χ4n) is 2.42. The number of nitrogens with zero attached hydrogens (tertiary/aromatic N) is 5. The van der Waals surface area contributed by atoms with Crippen LogP contribution < -0.4 is 5.32 Å². The molecule has 23 heavy (non-hydrogen) atoms. The predicted molar refractivity (Wildman–Crippen MR) is 79.4 cm³/mol. The van der Waals surface area contributed by atoms with Gasteiger partial charge in [-0.3, -0.25) is 4.98 Å². The molecule has 0 aromatic carbocycles. The van der Waals surface area contributed by atoms with E-state index in [2.05, 4.69) is 25.8 Å². The van der Waals surface area contributed by atoms with Crippen LogP contribution in [0.5, 0.6) is 0 Å². The van der Waals surface area contributed by atoms with Crippen molar-refractivity contribution in [3.8, 4) is 0 Å². The third kappa shape index (κ3) is 2.90. The lowest BCUT2D eigenvalue weighted by Gasteiger charge is -2.27. The van der Waals surface area contributed by atoms with Crippen molar-refractivity contribution in [2.75, 3.05) is 25.6 Å². The summed E-state index contributed by atoms with van der Waals surface area (Å²) in [6, 6.07) is 3.17. The van der Waals surface area contributed by atoms with Crippen LogP contribution in [0.25, 0.3) is 0 Å². The topological polar surface area (TPSA) is 104 Å². The molecule has 2 aromatic heterocycles.